The Morgan fingerprint density at radius 1 is 1.00 bits per heavy atom. The maximum absolute atomic E-state index is 13.3. The third-order valence-corrected chi connectivity index (χ3v) is 4.64. The summed E-state index contributed by atoms with van der Waals surface area (Å²) in [4.78, 5) is 19.0. The fourth-order valence-electron chi connectivity index (χ4n) is 3.20. The molecule has 0 unspecified atom stereocenters. The number of fused-ring (bicyclic) bond motifs is 1. The second-order valence-electron chi connectivity index (χ2n) is 6.43. The lowest BCUT2D eigenvalue weighted by Crippen LogP contribution is -2.31. The zero-order chi connectivity index (χ0) is 18.8. The average Bonchev–Trinajstić information content (AvgIpc) is 2.70. The van der Waals surface area contributed by atoms with Gasteiger partial charge in [-0.1, -0.05) is 24.3 Å². The maximum Gasteiger partial charge on any atom is 0.255 e. The number of hydrogen-bond donors (Lipinski definition) is 1. The van der Waals surface area contributed by atoms with Gasteiger partial charge in [0.25, 0.3) is 5.91 Å². The summed E-state index contributed by atoms with van der Waals surface area (Å²) in [6.45, 7) is 1.55. The topological polar surface area (TPSA) is 45.2 Å². The monoisotopic (exact) mass is 365 g/mol. The highest BCUT2D eigenvalue weighted by atomic mass is 19.2. The maximum atomic E-state index is 13.3. The summed E-state index contributed by atoms with van der Waals surface area (Å²) in [5.41, 5.74) is 3.19. The Bertz CT molecular complexity index is 1010. The van der Waals surface area contributed by atoms with E-state index in [1.54, 1.807) is 18.3 Å². The first-order valence-corrected chi connectivity index (χ1v) is 8.64. The standard InChI is InChI=1S/C21H17F2N3O/c22-18-6-5-17(12-19(18)23)25-21(27)15-7-9-24-20(11-15)26-10-8-14-3-1-2-4-16(14)13-26/h1-7,9,11-12H,8,10,13H2,(H,25,27). The normalized spacial score (nSPS) is 13.2. The van der Waals surface area contributed by atoms with Crippen molar-refractivity contribution < 1.29 is 13.6 Å². The Kier molecular flexibility index (Phi) is 4.54. The number of pyridine rings is 1. The van der Waals surface area contributed by atoms with E-state index in [1.807, 2.05) is 12.1 Å². The largest absolute Gasteiger partial charge is 0.352 e. The van der Waals surface area contributed by atoms with E-state index < -0.39 is 17.5 Å². The molecule has 0 saturated carbocycles. The predicted octanol–water partition coefficient (Wildman–Crippen LogP) is 4.17. The molecule has 6 heteroatoms. The Morgan fingerprint density at radius 2 is 1.81 bits per heavy atom. The number of aromatic nitrogens is 1. The number of carbonyl (C=O) groups is 1. The van der Waals surface area contributed by atoms with Crippen molar-refractivity contribution in [1.29, 1.82) is 0 Å². The van der Waals surface area contributed by atoms with Crippen LogP contribution in [0.1, 0.15) is 21.5 Å². The van der Waals surface area contributed by atoms with E-state index >= 15 is 0 Å². The lowest BCUT2D eigenvalue weighted by molar-refractivity contribution is 0.102. The van der Waals surface area contributed by atoms with Crippen LogP contribution in [0, 0.1) is 11.6 Å². The van der Waals surface area contributed by atoms with Crippen LogP contribution in [0.3, 0.4) is 0 Å². The van der Waals surface area contributed by atoms with Gasteiger partial charge in [-0.25, -0.2) is 13.8 Å². The number of hydrogen-bond acceptors (Lipinski definition) is 3. The van der Waals surface area contributed by atoms with E-state index in [2.05, 4.69) is 27.3 Å². The van der Waals surface area contributed by atoms with Crippen molar-refractivity contribution in [3.8, 4) is 0 Å². The molecule has 27 heavy (non-hydrogen) atoms. The van der Waals surface area contributed by atoms with Gasteiger partial charge in [0, 0.05) is 36.6 Å². The smallest absolute Gasteiger partial charge is 0.255 e. The van der Waals surface area contributed by atoms with Gasteiger partial charge in [-0.15, -0.1) is 0 Å². The summed E-state index contributed by atoms with van der Waals surface area (Å²) in [7, 11) is 0. The highest BCUT2D eigenvalue weighted by Crippen LogP contribution is 2.24. The molecule has 1 aliphatic rings. The minimum Gasteiger partial charge on any atom is -0.352 e. The van der Waals surface area contributed by atoms with Gasteiger partial charge in [0.05, 0.1) is 0 Å². The van der Waals surface area contributed by atoms with Crippen LogP contribution in [-0.4, -0.2) is 17.4 Å². The van der Waals surface area contributed by atoms with E-state index in [9.17, 15) is 13.6 Å². The summed E-state index contributed by atoms with van der Waals surface area (Å²) in [5, 5.41) is 2.58. The van der Waals surface area contributed by atoms with Gasteiger partial charge in [0.15, 0.2) is 11.6 Å². The summed E-state index contributed by atoms with van der Waals surface area (Å²) < 4.78 is 26.3. The molecule has 0 radical (unpaired) electrons. The minimum absolute atomic E-state index is 0.198. The molecule has 1 aliphatic heterocycles. The molecule has 3 aromatic rings. The van der Waals surface area contributed by atoms with Crippen molar-refractivity contribution in [2.75, 3.05) is 16.8 Å². The molecule has 2 aromatic carbocycles. The van der Waals surface area contributed by atoms with Gasteiger partial charge in [-0.3, -0.25) is 4.79 Å². The van der Waals surface area contributed by atoms with Gasteiger partial charge in [-0.05, 0) is 41.8 Å². The molecule has 1 N–H and O–H groups in total. The van der Waals surface area contributed by atoms with Crippen molar-refractivity contribution >= 4 is 17.4 Å². The fraction of sp³-hybridized carbons (Fsp3) is 0.143. The van der Waals surface area contributed by atoms with Crippen LogP contribution in [0.2, 0.25) is 0 Å². The van der Waals surface area contributed by atoms with Crippen molar-refractivity contribution in [1.82, 2.24) is 4.98 Å². The van der Waals surface area contributed by atoms with Crippen molar-refractivity contribution in [3.63, 3.8) is 0 Å². The number of halogens is 2. The number of benzene rings is 2. The summed E-state index contributed by atoms with van der Waals surface area (Å²) in [5.74, 6) is -1.65. The molecule has 4 rings (SSSR count). The van der Waals surface area contributed by atoms with Gasteiger partial charge >= 0.3 is 0 Å². The Balaban J connectivity index is 1.52. The van der Waals surface area contributed by atoms with Gasteiger partial charge in [-0.2, -0.15) is 0 Å². The third-order valence-electron chi connectivity index (χ3n) is 4.64. The van der Waals surface area contributed by atoms with Gasteiger partial charge in [0.1, 0.15) is 5.82 Å². The molecule has 0 fully saturated rings. The number of nitrogens with zero attached hydrogens (tertiary/aromatic N) is 2. The molecule has 0 saturated heterocycles. The summed E-state index contributed by atoms with van der Waals surface area (Å²) in [6, 6.07) is 14.8. The van der Waals surface area contributed by atoms with E-state index in [0.717, 1.165) is 31.6 Å². The lowest BCUT2D eigenvalue weighted by atomic mass is 10.00. The SMILES string of the molecule is O=C(Nc1ccc(F)c(F)c1)c1ccnc(N2CCc3ccccc3C2)c1. The average molecular weight is 365 g/mol. The molecular formula is C21H17F2N3O. The molecule has 1 aromatic heterocycles. The van der Waals surface area contributed by atoms with Gasteiger partial charge in [0.2, 0.25) is 0 Å². The zero-order valence-electron chi connectivity index (χ0n) is 14.5. The molecular weight excluding hydrogens is 348 g/mol. The third kappa shape index (κ3) is 3.65. The van der Waals surface area contributed by atoms with Crippen molar-refractivity contribution in [2.45, 2.75) is 13.0 Å². The van der Waals surface area contributed by atoms with Crippen LogP contribution in [0.15, 0.2) is 60.8 Å². The molecule has 136 valence electrons. The molecule has 0 aliphatic carbocycles. The lowest BCUT2D eigenvalue weighted by Gasteiger charge is -2.29. The number of nitrogens with one attached hydrogen (secondary N) is 1. The second kappa shape index (κ2) is 7.15. The van der Waals surface area contributed by atoms with E-state index in [0.29, 0.717) is 11.4 Å². The molecule has 1 amide bonds. The van der Waals surface area contributed by atoms with Crippen LogP contribution < -0.4 is 10.2 Å². The Morgan fingerprint density at radius 3 is 2.63 bits per heavy atom. The number of amides is 1. The summed E-state index contributed by atoms with van der Waals surface area (Å²) in [6.07, 6.45) is 2.50. The number of rotatable bonds is 3. The first-order chi connectivity index (χ1) is 13.1. The van der Waals surface area contributed by atoms with Crippen LogP contribution in [0.25, 0.3) is 0 Å². The van der Waals surface area contributed by atoms with E-state index in [1.165, 1.54) is 17.2 Å². The quantitative estimate of drug-likeness (QED) is 0.758. The summed E-state index contributed by atoms with van der Waals surface area (Å²) >= 11 is 0. The van der Waals surface area contributed by atoms with E-state index in [4.69, 9.17) is 0 Å². The van der Waals surface area contributed by atoms with Crippen LogP contribution >= 0.6 is 0 Å². The molecule has 0 atom stereocenters. The van der Waals surface area contributed by atoms with Crippen LogP contribution in [-0.2, 0) is 13.0 Å². The second-order valence-corrected chi connectivity index (χ2v) is 6.43. The Hall–Kier alpha value is -3.28. The molecule has 0 spiro atoms. The first-order valence-electron chi connectivity index (χ1n) is 8.64. The van der Waals surface area contributed by atoms with Crippen LogP contribution in [0.5, 0.6) is 0 Å². The van der Waals surface area contributed by atoms with Crippen LogP contribution in [0.4, 0.5) is 20.3 Å². The van der Waals surface area contributed by atoms with Crippen molar-refractivity contribution in [2.24, 2.45) is 0 Å². The molecule has 0 bridgehead atoms. The van der Waals surface area contributed by atoms with E-state index in [-0.39, 0.29) is 5.69 Å². The van der Waals surface area contributed by atoms with Gasteiger partial charge < -0.3 is 10.2 Å². The number of carbonyl (C=O) groups excluding carboxylic acids is 1. The Labute approximate surface area is 155 Å². The predicted molar refractivity (Wildman–Crippen MR) is 99.7 cm³/mol. The highest BCUT2D eigenvalue weighted by molar-refractivity contribution is 6.04. The molecule has 2 heterocycles. The zero-order valence-corrected chi connectivity index (χ0v) is 14.5. The number of anilines is 2. The highest BCUT2D eigenvalue weighted by Gasteiger charge is 2.18. The fourth-order valence-corrected chi connectivity index (χ4v) is 3.20. The first kappa shape index (κ1) is 17.1. The van der Waals surface area contributed by atoms with Crippen molar-refractivity contribution in [3.05, 3.63) is 89.1 Å². The minimum atomic E-state index is -1.00. The molecule has 4 nitrogen and oxygen atoms in total.